The summed E-state index contributed by atoms with van der Waals surface area (Å²) in [4.78, 5) is 14.8. The van der Waals surface area contributed by atoms with Crippen LogP contribution in [0.4, 0.5) is 0 Å². The number of nitrogens with two attached hydrogens (primary N) is 1. The van der Waals surface area contributed by atoms with Crippen LogP contribution in [0.15, 0.2) is 0 Å². The van der Waals surface area contributed by atoms with E-state index in [0.29, 0.717) is 24.3 Å². The fourth-order valence-corrected chi connectivity index (χ4v) is 2.89. The summed E-state index contributed by atoms with van der Waals surface area (Å²) in [5.41, 5.74) is 5.29. The van der Waals surface area contributed by atoms with E-state index >= 15 is 0 Å². The number of carbonyl (C=O) groups is 1. The Kier molecular flexibility index (Phi) is 5.79. The Morgan fingerprint density at radius 1 is 1.42 bits per heavy atom. The second-order valence-corrected chi connectivity index (χ2v) is 6.01. The number of Topliss-reactive ketones (excluding diaryl/α,β-unsaturated/α-hetero) is 1. The van der Waals surface area contributed by atoms with Gasteiger partial charge in [0, 0.05) is 18.5 Å². The third-order valence-corrected chi connectivity index (χ3v) is 3.92. The molecule has 1 saturated heterocycles. The summed E-state index contributed by atoms with van der Waals surface area (Å²) in [5.74, 6) is 0.807. The maximum absolute atomic E-state index is 12.4. The van der Waals surface area contributed by atoms with Gasteiger partial charge in [-0.1, -0.05) is 13.8 Å². The van der Waals surface area contributed by atoms with Gasteiger partial charge in [0.15, 0.2) is 11.7 Å². The zero-order valence-electron chi connectivity index (χ0n) is 12.6. The molecule has 1 heterocycles. The van der Waals surface area contributed by atoms with Crippen molar-refractivity contribution in [2.24, 2.45) is 17.6 Å². The number of carbonyl (C=O) groups excluding carboxylic acids is 1. The third-order valence-electron chi connectivity index (χ3n) is 3.92. The highest BCUT2D eigenvalue weighted by Gasteiger charge is 2.40. The molecule has 0 radical (unpaired) electrons. The van der Waals surface area contributed by atoms with Crippen molar-refractivity contribution in [2.75, 3.05) is 13.1 Å². The molecule has 1 unspecified atom stereocenters. The lowest BCUT2D eigenvalue weighted by atomic mass is 9.88. The van der Waals surface area contributed by atoms with Gasteiger partial charge in [0.1, 0.15) is 0 Å². The van der Waals surface area contributed by atoms with Crippen molar-refractivity contribution >= 4 is 11.7 Å². The molecule has 1 rings (SSSR count). The predicted molar refractivity (Wildman–Crippen MR) is 78.1 cm³/mol. The van der Waals surface area contributed by atoms with Crippen LogP contribution >= 0.6 is 0 Å². The molecule has 0 aliphatic carbocycles. The highest BCUT2D eigenvalue weighted by Crippen LogP contribution is 2.30. The Labute approximate surface area is 116 Å². The molecule has 4 N–H and O–H groups in total. The lowest BCUT2D eigenvalue weighted by Gasteiger charge is -2.31. The number of ketones is 1. The molecule has 0 aromatic rings. The fourth-order valence-electron chi connectivity index (χ4n) is 2.89. The highest BCUT2D eigenvalue weighted by atomic mass is 16.1. The third kappa shape index (κ3) is 4.20. The summed E-state index contributed by atoms with van der Waals surface area (Å²) < 4.78 is 0. The van der Waals surface area contributed by atoms with Gasteiger partial charge in [-0.2, -0.15) is 0 Å². The zero-order valence-corrected chi connectivity index (χ0v) is 12.6. The van der Waals surface area contributed by atoms with Crippen molar-refractivity contribution in [2.45, 2.75) is 52.6 Å². The van der Waals surface area contributed by atoms with E-state index in [1.165, 1.54) is 0 Å². The van der Waals surface area contributed by atoms with Crippen molar-refractivity contribution in [3.63, 3.8) is 0 Å². The van der Waals surface area contributed by atoms with Gasteiger partial charge in [-0.3, -0.25) is 15.1 Å². The summed E-state index contributed by atoms with van der Waals surface area (Å²) in [6, 6.07) is 0.437. The number of nitrogens with one attached hydrogen (secondary N) is 2. The molecule has 0 aromatic carbocycles. The van der Waals surface area contributed by atoms with Crippen molar-refractivity contribution in [1.29, 1.82) is 5.41 Å². The van der Waals surface area contributed by atoms with Gasteiger partial charge in [0.2, 0.25) is 0 Å². The SMILES string of the molecule is CC(C)C(=O)[C@@H]1C(CCNC(=N)N)CCN1C(C)C. The first-order chi connectivity index (χ1) is 8.84. The van der Waals surface area contributed by atoms with E-state index in [1.807, 2.05) is 13.8 Å². The monoisotopic (exact) mass is 268 g/mol. The Hall–Kier alpha value is -1.10. The molecular weight excluding hydrogens is 240 g/mol. The van der Waals surface area contributed by atoms with Crippen molar-refractivity contribution < 1.29 is 4.79 Å². The molecule has 110 valence electrons. The summed E-state index contributed by atoms with van der Waals surface area (Å²) >= 11 is 0. The molecule has 0 amide bonds. The number of hydrogen-bond acceptors (Lipinski definition) is 3. The molecule has 1 fully saturated rings. The molecule has 0 spiro atoms. The van der Waals surface area contributed by atoms with Crippen molar-refractivity contribution in [3.8, 4) is 0 Å². The molecule has 5 heteroatoms. The van der Waals surface area contributed by atoms with Crippen LogP contribution in [-0.2, 0) is 4.79 Å². The number of likely N-dealkylation sites (tertiary alicyclic amines) is 1. The molecule has 0 aromatic heterocycles. The molecule has 1 aliphatic rings. The summed E-state index contributed by atoms with van der Waals surface area (Å²) in [6.45, 7) is 9.92. The van der Waals surface area contributed by atoms with Gasteiger partial charge in [-0.05, 0) is 39.2 Å². The summed E-state index contributed by atoms with van der Waals surface area (Å²) in [5, 5.41) is 10.0. The second kappa shape index (κ2) is 6.89. The van der Waals surface area contributed by atoms with Gasteiger partial charge in [-0.15, -0.1) is 0 Å². The minimum Gasteiger partial charge on any atom is -0.370 e. The average Bonchev–Trinajstić information content (AvgIpc) is 2.71. The van der Waals surface area contributed by atoms with Crippen LogP contribution in [0, 0.1) is 17.2 Å². The molecule has 2 atom stereocenters. The van der Waals surface area contributed by atoms with E-state index in [1.54, 1.807) is 0 Å². The number of nitrogens with zero attached hydrogens (tertiary/aromatic N) is 1. The van der Waals surface area contributed by atoms with E-state index in [0.717, 1.165) is 19.4 Å². The van der Waals surface area contributed by atoms with E-state index in [-0.39, 0.29) is 17.9 Å². The van der Waals surface area contributed by atoms with Crippen molar-refractivity contribution in [3.05, 3.63) is 0 Å². The van der Waals surface area contributed by atoms with Gasteiger partial charge >= 0.3 is 0 Å². The average molecular weight is 268 g/mol. The number of hydrogen-bond donors (Lipinski definition) is 3. The maximum atomic E-state index is 12.4. The number of rotatable bonds is 6. The quantitative estimate of drug-likeness (QED) is 0.499. The Morgan fingerprint density at radius 2 is 2.05 bits per heavy atom. The van der Waals surface area contributed by atoms with Gasteiger partial charge in [0.05, 0.1) is 6.04 Å². The smallest absolute Gasteiger partial charge is 0.185 e. The van der Waals surface area contributed by atoms with Gasteiger partial charge < -0.3 is 11.1 Å². The summed E-state index contributed by atoms with van der Waals surface area (Å²) in [7, 11) is 0. The first kappa shape index (κ1) is 16.0. The Morgan fingerprint density at radius 3 is 2.53 bits per heavy atom. The topological polar surface area (TPSA) is 82.2 Å². The second-order valence-electron chi connectivity index (χ2n) is 6.01. The van der Waals surface area contributed by atoms with Crippen LogP contribution in [0.2, 0.25) is 0 Å². The van der Waals surface area contributed by atoms with E-state index in [4.69, 9.17) is 11.1 Å². The minimum atomic E-state index is 0.00505. The standard InChI is InChI=1S/C14H28N4O/c1-9(2)13(19)12-11(5-7-17-14(15)16)6-8-18(12)10(3)4/h9-12H,5-8H2,1-4H3,(H4,15,16,17)/t11?,12-/m0/s1. The molecule has 1 aliphatic heterocycles. The van der Waals surface area contributed by atoms with Crippen LogP contribution < -0.4 is 11.1 Å². The largest absolute Gasteiger partial charge is 0.370 e. The highest BCUT2D eigenvalue weighted by molar-refractivity contribution is 5.86. The van der Waals surface area contributed by atoms with Crippen LogP contribution in [-0.4, -0.2) is 41.8 Å². The first-order valence-corrected chi connectivity index (χ1v) is 7.22. The minimum absolute atomic E-state index is 0.00505. The fraction of sp³-hybridized carbons (Fsp3) is 0.857. The molecule has 5 nitrogen and oxygen atoms in total. The van der Waals surface area contributed by atoms with E-state index < -0.39 is 0 Å². The Bertz CT molecular complexity index is 327. The van der Waals surface area contributed by atoms with Crippen LogP contribution in [0.25, 0.3) is 0 Å². The normalized spacial score (nSPS) is 24.1. The van der Waals surface area contributed by atoms with E-state index in [9.17, 15) is 4.79 Å². The van der Waals surface area contributed by atoms with Crippen LogP contribution in [0.5, 0.6) is 0 Å². The molecular formula is C14H28N4O. The summed E-state index contributed by atoms with van der Waals surface area (Å²) in [6.07, 6.45) is 1.95. The van der Waals surface area contributed by atoms with Gasteiger partial charge in [0.25, 0.3) is 0 Å². The Balaban J connectivity index is 2.68. The zero-order chi connectivity index (χ0) is 14.6. The first-order valence-electron chi connectivity index (χ1n) is 7.22. The molecule has 0 bridgehead atoms. The van der Waals surface area contributed by atoms with Crippen LogP contribution in [0.1, 0.15) is 40.5 Å². The molecule has 19 heavy (non-hydrogen) atoms. The van der Waals surface area contributed by atoms with E-state index in [2.05, 4.69) is 24.1 Å². The van der Waals surface area contributed by atoms with Crippen molar-refractivity contribution in [1.82, 2.24) is 10.2 Å². The lowest BCUT2D eigenvalue weighted by Crippen LogP contribution is -2.45. The van der Waals surface area contributed by atoms with Crippen LogP contribution in [0.3, 0.4) is 0 Å². The maximum Gasteiger partial charge on any atom is 0.185 e. The van der Waals surface area contributed by atoms with Gasteiger partial charge in [-0.25, -0.2) is 0 Å². The number of guanidine groups is 1. The predicted octanol–water partition coefficient (Wildman–Crippen LogP) is 1.18. The lowest BCUT2D eigenvalue weighted by molar-refractivity contribution is -0.128. The molecule has 0 saturated carbocycles.